The molecule has 4 nitrogen and oxygen atoms in total. The van der Waals surface area contributed by atoms with Gasteiger partial charge in [0.15, 0.2) is 5.78 Å². The van der Waals surface area contributed by atoms with Gasteiger partial charge in [-0.2, -0.15) is 0 Å². The normalized spacial score (nSPS) is 13.4. The molecule has 1 aliphatic rings. The van der Waals surface area contributed by atoms with Crippen molar-refractivity contribution in [2.24, 2.45) is 0 Å². The van der Waals surface area contributed by atoms with Gasteiger partial charge in [0, 0.05) is 19.0 Å². The fourth-order valence-corrected chi connectivity index (χ4v) is 4.24. The molecule has 0 saturated carbocycles. The molecule has 7 heteroatoms. The second-order valence-corrected chi connectivity index (χ2v) is 7.62. The Hall–Kier alpha value is -1.31. The SMILES string of the molecule is O=C(CN1C(=O)C(=O)c2cc(Br)cc(Br)c21)c1cccc(Br)c1. The zero-order valence-electron chi connectivity index (χ0n) is 11.5. The number of halogens is 3. The summed E-state index contributed by atoms with van der Waals surface area (Å²) in [7, 11) is 0. The number of nitrogens with zero attached hydrogens (tertiary/aromatic N) is 1. The van der Waals surface area contributed by atoms with Crippen molar-refractivity contribution in [2.75, 3.05) is 11.4 Å². The number of amides is 1. The summed E-state index contributed by atoms with van der Waals surface area (Å²) < 4.78 is 2.05. The molecule has 1 aliphatic heterocycles. The van der Waals surface area contributed by atoms with Gasteiger partial charge >= 0.3 is 0 Å². The highest BCUT2D eigenvalue weighted by Gasteiger charge is 2.38. The maximum Gasteiger partial charge on any atom is 0.299 e. The van der Waals surface area contributed by atoms with E-state index in [1.807, 2.05) is 6.07 Å². The van der Waals surface area contributed by atoms with Gasteiger partial charge in [0.25, 0.3) is 11.7 Å². The van der Waals surface area contributed by atoms with E-state index < -0.39 is 11.7 Å². The fourth-order valence-electron chi connectivity index (χ4n) is 2.40. The third-order valence-electron chi connectivity index (χ3n) is 3.43. The Morgan fingerprint density at radius 1 is 1.00 bits per heavy atom. The number of anilines is 1. The lowest BCUT2D eigenvalue weighted by molar-refractivity contribution is -0.114. The largest absolute Gasteiger partial charge is 0.299 e. The lowest BCUT2D eigenvalue weighted by Crippen LogP contribution is -2.34. The molecule has 2 aromatic carbocycles. The summed E-state index contributed by atoms with van der Waals surface area (Å²) in [5.74, 6) is -1.54. The van der Waals surface area contributed by atoms with Crippen LogP contribution in [0.3, 0.4) is 0 Å². The fraction of sp³-hybridized carbons (Fsp3) is 0.0625. The van der Waals surface area contributed by atoms with Crippen molar-refractivity contribution in [3.8, 4) is 0 Å². The predicted octanol–water partition coefficient (Wildman–Crippen LogP) is 4.39. The first-order chi connectivity index (χ1) is 10.9. The average molecular weight is 502 g/mol. The molecule has 0 unspecified atom stereocenters. The Labute approximate surface area is 157 Å². The predicted molar refractivity (Wildman–Crippen MR) is 97.0 cm³/mol. The monoisotopic (exact) mass is 499 g/mol. The van der Waals surface area contributed by atoms with E-state index in [9.17, 15) is 14.4 Å². The molecular formula is C16H8Br3NO3. The van der Waals surface area contributed by atoms with Crippen molar-refractivity contribution in [3.63, 3.8) is 0 Å². The molecule has 2 aromatic rings. The first-order valence-electron chi connectivity index (χ1n) is 6.52. The minimum atomic E-state index is -0.692. The number of benzene rings is 2. The van der Waals surface area contributed by atoms with Gasteiger partial charge in [-0.05, 0) is 40.2 Å². The smallest absolute Gasteiger partial charge is 0.296 e. The third-order valence-corrected chi connectivity index (χ3v) is 4.99. The van der Waals surface area contributed by atoms with Gasteiger partial charge < -0.3 is 0 Å². The van der Waals surface area contributed by atoms with Crippen LogP contribution in [0.5, 0.6) is 0 Å². The maximum atomic E-state index is 12.4. The van der Waals surface area contributed by atoms with Gasteiger partial charge in [0.05, 0.1) is 17.8 Å². The molecule has 0 aromatic heterocycles. The molecule has 1 heterocycles. The molecule has 0 bridgehead atoms. The summed E-state index contributed by atoms with van der Waals surface area (Å²) in [5.41, 5.74) is 1.20. The Balaban J connectivity index is 1.98. The van der Waals surface area contributed by atoms with E-state index in [-0.39, 0.29) is 12.3 Å². The van der Waals surface area contributed by atoms with Crippen LogP contribution in [0.4, 0.5) is 5.69 Å². The van der Waals surface area contributed by atoms with Gasteiger partial charge in [-0.15, -0.1) is 0 Å². The third kappa shape index (κ3) is 3.05. The van der Waals surface area contributed by atoms with E-state index in [1.165, 1.54) is 4.90 Å². The summed E-state index contributed by atoms with van der Waals surface area (Å²) in [5, 5.41) is 0. The van der Waals surface area contributed by atoms with Gasteiger partial charge in [-0.25, -0.2) is 0 Å². The molecule has 23 heavy (non-hydrogen) atoms. The van der Waals surface area contributed by atoms with Gasteiger partial charge in [0.2, 0.25) is 0 Å². The standard InChI is InChI=1S/C16H8Br3NO3/c17-9-3-1-2-8(4-9)13(21)7-20-14-11(15(22)16(20)23)5-10(18)6-12(14)19/h1-6H,7H2. The van der Waals surface area contributed by atoms with E-state index in [1.54, 1.807) is 30.3 Å². The number of ketones is 2. The van der Waals surface area contributed by atoms with Crippen LogP contribution in [0, 0.1) is 0 Å². The number of rotatable bonds is 3. The zero-order valence-corrected chi connectivity index (χ0v) is 16.2. The summed E-state index contributed by atoms with van der Waals surface area (Å²) >= 11 is 9.96. The highest BCUT2D eigenvalue weighted by atomic mass is 79.9. The molecular weight excluding hydrogens is 494 g/mol. The lowest BCUT2D eigenvalue weighted by Gasteiger charge is -2.17. The Morgan fingerprint density at radius 3 is 2.43 bits per heavy atom. The van der Waals surface area contributed by atoms with Crippen molar-refractivity contribution >= 4 is 71.0 Å². The van der Waals surface area contributed by atoms with Crippen molar-refractivity contribution < 1.29 is 14.4 Å². The van der Waals surface area contributed by atoms with E-state index in [2.05, 4.69) is 47.8 Å². The number of fused-ring (bicyclic) bond motifs is 1. The van der Waals surface area contributed by atoms with Crippen LogP contribution >= 0.6 is 47.8 Å². The maximum absolute atomic E-state index is 12.4. The van der Waals surface area contributed by atoms with Crippen LogP contribution in [0.1, 0.15) is 20.7 Å². The van der Waals surface area contributed by atoms with E-state index in [0.29, 0.717) is 25.8 Å². The number of hydrogen-bond donors (Lipinski definition) is 0. The van der Waals surface area contributed by atoms with Crippen LogP contribution in [0.25, 0.3) is 0 Å². The van der Waals surface area contributed by atoms with E-state index in [4.69, 9.17) is 0 Å². The van der Waals surface area contributed by atoms with Gasteiger partial charge in [-0.1, -0.05) is 44.0 Å². The quantitative estimate of drug-likeness (QED) is 0.463. The first kappa shape index (κ1) is 16.5. The Morgan fingerprint density at radius 2 is 1.74 bits per heavy atom. The number of hydrogen-bond acceptors (Lipinski definition) is 3. The van der Waals surface area contributed by atoms with Crippen molar-refractivity contribution in [1.82, 2.24) is 0 Å². The molecule has 0 spiro atoms. The average Bonchev–Trinajstić information content (AvgIpc) is 2.72. The van der Waals surface area contributed by atoms with Crippen LogP contribution in [-0.2, 0) is 4.79 Å². The number of carbonyl (C=O) groups excluding carboxylic acids is 3. The van der Waals surface area contributed by atoms with E-state index in [0.717, 1.165) is 4.47 Å². The van der Waals surface area contributed by atoms with Crippen molar-refractivity contribution in [3.05, 3.63) is 60.9 Å². The van der Waals surface area contributed by atoms with Crippen molar-refractivity contribution in [1.29, 1.82) is 0 Å². The molecule has 0 atom stereocenters. The van der Waals surface area contributed by atoms with Crippen molar-refractivity contribution in [2.45, 2.75) is 0 Å². The summed E-state index contributed by atoms with van der Waals surface area (Å²) in [6.45, 7) is -0.186. The summed E-state index contributed by atoms with van der Waals surface area (Å²) in [4.78, 5) is 38.0. The summed E-state index contributed by atoms with van der Waals surface area (Å²) in [6.07, 6.45) is 0. The minimum Gasteiger partial charge on any atom is -0.296 e. The highest BCUT2D eigenvalue weighted by molar-refractivity contribution is 9.11. The number of Topliss-reactive ketones (excluding diaryl/α,β-unsaturated/α-hetero) is 2. The Bertz CT molecular complexity index is 864. The minimum absolute atomic E-state index is 0.186. The van der Waals surface area contributed by atoms with Crippen LogP contribution < -0.4 is 4.90 Å². The molecule has 1 amide bonds. The van der Waals surface area contributed by atoms with Crippen LogP contribution in [-0.4, -0.2) is 24.0 Å². The Kier molecular flexibility index (Phi) is 4.53. The molecule has 0 saturated heterocycles. The van der Waals surface area contributed by atoms with Crippen LogP contribution in [0.15, 0.2) is 49.8 Å². The molecule has 3 rings (SSSR count). The zero-order chi connectivity index (χ0) is 16.7. The van der Waals surface area contributed by atoms with Gasteiger partial charge in [-0.3, -0.25) is 19.3 Å². The lowest BCUT2D eigenvalue weighted by atomic mass is 10.1. The molecule has 0 aliphatic carbocycles. The first-order valence-corrected chi connectivity index (χ1v) is 8.90. The molecule has 0 radical (unpaired) electrons. The number of carbonyl (C=O) groups is 3. The molecule has 116 valence electrons. The second-order valence-electron chi connectivity index (χ2n) is 4.94. The molecule has 0 fully saturated rings. The van der Waals surface area contributed by atoms with Crippen LogP contribution in [0.2, 0.25) is 0 Å². The van der Waals surface area contributed by atoms with Gasteiger partial charge in [0.1, 0.15) is 0 Å². The highest BCUT2D eigenvalue weighted by Crippen LogP contribution is 2.38. The summed E-state index contributed by atoms with van der Waals surface area (Å²) in [6, 6.07) is 10.2. The topological polar surface area (TPSA) is 54.5 Å². The van der Waals surface area contributed by atoms with E-state index >= 15 is 0 Å². The molecule has 0 N–H and O–H groups in total. The second kappa shape index (κ2) is 6.30.